The van der Waals surface area contributed by atoms with Gasteiger partial charge < -0.3 is 104 Å². The van der Waals surface area contributed by atoms with Crippen LogP contribution >= 0.6 is 0 Å². The van der Waals surface area contributed by atoms with Crippen molar-refractivity contribution in [1.29, 1.82) is 0 Å². The summed E-state index contributed by atoms with van der Waals surface area (Å²) in [5, 5.41) is 57.4. The molecule has 6 aromatic carbocycles. The molecule has 131 heavy (non-hydrogen) atoms. The quantitative estimate of drug-likeness (QED) is 0.0426. The molecule has 8 rings (SSSR count). The number of unbranched alkanes of at least 4 members (excludes halogenated alkanes) is 1. The van der Waals surface area contributed by atoms with Crippen molar-refractivity contribution < 1.29 is 96.8 Å². The van der Waals surface area contributed by atoms with Gasteiger partial charge in [0, 0.05) is 90.9 Å². The number of phenolic OH excluding ortho intramolecular Hbond substituents is 2. The van der Waals surface area contributed by atoms with E-state index >= 15 is 33.6 Å². The third-order valence-corrected chi connectivity index (χ3v) is 22.4. The van der Waals surface area contributed by atoms with E-state index < -0.39 is 218 Å². The van der Waals surface area contributed by atoms with Crippen molar-refractivity contribution in [3.05, 3.63) is 203 Å². The number of aliphatic carboxylic acids is 1. The molecule has 700 valence electrons. The molecule has 1 saturated heterocycles. The molecule has 7 aromatic rings. The summed E-state index contributed by atoms with van der Waals surface area (Å²) in [5.74, 6) is -18.6. The molecule has 2 heterocycles. The van der Waals surface area contributed by atoms with Gasteiger partial charge in [0.05, 0.1) is 39.0 Å². The molecule has 1 fully saturated rings. The van der Waals surface area contributed by atoms with Gasteiger partial charge in [-0.25, -0.2) is 0 Å². The van der Waals surface area contributed by atoms with E-state index in [0.717, 1.165) is 24.5 Å². The van der Waals surface area contributed by atoms with Crippen molar-refractivity contribution in [3.63, 3.8) is 0 Å². The summed E-state index contributed by atoms with van der Waals surface area (Å²) in [6.45, 7) is 5.04. The van der Waals surface area contributed by atoms with Crippen LogP contribution in [-0.2, 0) is 120 Å². The van der Waals surface area contributed by atoms with Crippen LogP contribution in [0, 0.1) is 11.8 Å². The average molecular weight is 1810 g/mol. The number of primary amides is 1. The number of fused-ring (bicyclic) bond motifs is 1. The van der Waals surface area contributed by atoms with E-state index in [2.05, 4.69) is 58.2 Å². The first kappa shape index (κ1) is 102. The van der Waals surface area contributed by atoms with Crippen molar-refractivity contribution in [3.8, 4) is 11.5 Å². The molecule has 0 radical (unpaired) electrons. The van der Waals surface area contributed by atoms with Crippen LogP contribution in [0.2, 0.25) is 0 Å². The lowest BCUT2D eigenvalue weighted by Gasteiger charge is -2.37. The van der Waals surface area contributed by atoms with Crippen LogP contribution in [-0.4, -0.2) is 273 Å². The lowest BCUT2D eigenvalue weighted by molar-refractivity contribution is -0.151. The molecule has 0 bridgehead atoms. The van der Waals surface area contributed by atoms with E-state index in [1.54, 1.807) is 149 Å². The number of carbonyl (C=O) groups excluding carboxylic acids is 16. The van der Waals surface area contributed by atoms with Gasteiger partial charge in [-0.15, -0.1) is 0 Å². The van der Waals surface area contributed by atoms with Gasteiger partial charge in [-0.2, -0.15) is 0 Å². The van der Waals surface area contributed by atoms with Crippen LogP contribution in [0.3, 0.4) is 0 Å². The Morgan fingerprint density at radius 3 is 1.42 bits per heavy atom. The van der Waals surface area contributed by atoms with Gasteiger partial charge in [0.2, 0.25) is 94.5 Å². The van der Waals surface area contributed by atoms with Crippen molar-refractivity contribution in [2.75, 3.05) is 61.4 Å². The van der Waals surface area contributed by atoms with Crippen LogP contribution in [0.5, 0.6) is 11.5 Å². The number of aromatic nitrogens is 1. The molecule has 37 nitrogen and oxygen atoms in total. The number of benzene rings is 6. The number of nitrogens with one attached hydrogen (secondary N) is 11. The van der Waals surface area contributed by atoms with Gasteiger partial charge in [0.15, 0.2) is 0 Å². The molecule has 1 aromatic heterocycles. The summed E-state index contributed by atoms with van der Waals surface area (Å²) in [6.07, 6.45) is -1.20. The number of nitrogens with two attached hydrogens (primary N) is 1. The lowest BCUT2D eigenvalue weighted by Crippen LogP contribution is -2.61. The molecule has 0 saturated carbocycles. The lowest BCUT2D eigenvalue weighted by atomic mass is 9.98. The minimum absolute atomic E-state index is 0.00762. The van der Waals surface area contributed by atoms with Crippen LogP contribution in [0.25, 0.3) is 10.9 Å². The summed E-state index contributed by atoms with van der Waals surface area (Å²) >= 11 is 0. The summed E-state index contributed by atoms with van der Waals surface area (Å²) in [6, 6.07) is 26.0. The number of likely N-dealkylation sites (N-methyl/N-ethyl adjacent to an activating group) is 5. The number of carboxylic acids is 1. The zero-order valence-corrected chi connectivity index (χ0v) is 75.1. The molecule has 0 unspecified atom stereocenters. The smallest absolute Gasteiger partial charge is 0.305 e. The van der Waals surface area contributed by atoms with Crippen LogP contribution in [0.1, 0.15) is 107 Å². The zero-order valence-electron chi connectivity index (χ0n) is 75.1. The summed E-state index contributed by atoms with van der Waals surface area (Å²) < 4.78 is 0. The second-order valence-electron chi connectivity index (χ2n) is 33.5. The summed E-state index contributed by atoms with van der Waals surface area (Å²) in [5.41, 5.74) is 8.89. The minimum atomic E-state index is -1.92. The van der Waals surface area contributed by atoms with E-state index in [-0.39, 0.29) is 62.9 Å². The van der Waals surface area contributed by atoms with Crippen molar-refractivity contribution in [1.82, 2.24) is 82.7 Å². The maximum Gasteiger partial charge on any atom is 0.305 e. The number of rotatable bonds is 23. The third kappa shape index (κ3) is 30.9. The molecular weight excluding hydrogens is 1690 g/mol. The number of hydrogen-bond acceptors (Lipinski definition) is 19. The highest BCUT2D eigenvalue weighted by Gasteiger charge is 2.42. The second-order valence-corrected chi connectivity index (χ2v) is 33.5. The highest BCUT2D eigenvalue weighted by Crippen LogP contribution is 2.24. The van der Waals surface area contributed by atoms with Crippen LogP contribution in [0.4, 0.5) is 0 Å². The summed E-state index contributed by atoms with van der Waals surface area (Å²) in [4.78, 5) is 257. The first-order valence-corrected chi connectivity index (χ1v) is 43.2. The number of H-pyrrole nitrogens is 1. The van der Waals surface area contributed by atoms with E-state index in [9.17, 15) is 63.3 Å². The Bertz CT molecular complexity index is 5180. The molecule has 16 N–H and O–H groups in total. The number of aromatic hydroxyl groups is 2. The Kier molecular flexibility index (Phi) is 38.2. The molecule has 0 spiro atoms. The van der Waals surface area contributed by atoms with Gasteiger partial charge in [0.25, 0.3) is 0 Å². The normalized spacial score (nSPS) is 21.8. The SMILES string of the molecule is CCCC[C@H]1C(=O)N(C)CC(=O)N[C@@H](CC(=O)O)C(=O)N[C@@H](C(C)C)C(=O)N(C)[C@@H](Cc2ccccc2)C(=O)N[C@@H](Cc2ccc(O)cc2)C(=O)N(C)CC(=O)N[C@@H](Cc2c[nH]c3ccccc23)C(=O)N[C@@H](Cc2ccc(O)cc2)C(=O)N[C@@H](CC(C)C)C(=O)N[C@H](C(=O)NCC(N)=O)CC(=O)NCC(=O)N[C@@H](Cc2ccccc2)C(=O)N(C)[C@@H](Cc2ccccc2)C(=O)N1C. The maximum atomic E-state index is 15.5. The number of carbonyl (C=O) groups is 17. The van der Waals surface area contributed by atoms with E-state index in [1.165, 1.54) is 83.8 Å². The highest BCUT2D eigenvalue weighted by molar-refractivity contribution is 6.02. The van der Waals surface area contributed by atoms with E-state index in [0.29, 0.717) is 57.1 Å². The van der Waals surface area contributed by atoms with Gasteiger partial charge in [-0.05, 0) is 88.4 Å². The Morgan fingerprint density at radius 1 is 0.443 bits per heavy atom. The third-order valence-electron chi connectivity index (χ3n) is 22.4. The largest absolute Gasteiger partial charge is 0.508 e. The summed E-state index contributed by atoms with van der Waals surface area (Å²) in [7, 11) is 6.43. The topological polar surface area (TPSA) is 529 Å². The molecule has 1 aliphatic rings. The van der Waals surface area contributed by atoms with Crippen molar-refractivity contribution in [2.45, 2.75) is 178 Å². The Balaban J connectivity index is 1.21. The Labute approximate surface area is 759 Å². The minimum Gasteiger partial charge on any atom is -0.508 e. The predicted molar refractivity (Wildman–Crippen MR) is 482 cm³/mol. The van der Waals surface area contributed by atoms with Gasteiger partial charge >= 0.3 is 5.97 Å². The van der Waals surface area contributed by atoms with E-state index in [4.69, 9.17) is 5.73 Å². The number of phenols is 2. The number of aromatic amines is 1. The Morgan fingerprint density at radius 2 is 0.885 bits per heavy atom. The molecule has 1 aliphatic heterocycles. The highest BCUT2D eigenvalue weighted by atomic mass is 16.4. The zero-order chi connectivity index (χ0) is 95.9. The number of carboxylic acid groups (broad SMARTS) is 1. The fraction of sp³-hybridized carbons (Fsp3) is 0.415. The molecule has 16 amide bonds. The maximum absolute atomic E-state index is 15.5. The van der Waals surface area contributed by atoms with E-state index in [1.807, 2.05) is 6.92 Å². The number of nitrogens with zero attached hydrogens (tertiary/aromatic N) is 5. The number of para-hydroxylation sites is 1. The second kappa shape index (κ2) is 49.1. The molecule has 0 aliphatic carbocycles. The standard InChI is InChI=1S/C94H119N17O20/c1-11-12-32-74-92(129)108(7)54-81(118)100-71(49-82(119)120)88(125)106-83(56(4)5)94(131)110(9)75(45-58-26-18-14-19-27-58)89(126)105-72(44-61-35-39-64(113)40-36-61)90(127)107(6)53-80(117)99-69(47-62-50-96-66-31-23-22-30-65(62)66)87(124)103-68(42-60-33-37-63(112)38-34-60)86(123)102-67(41-55(2)3)85(122)104-70(84(121)98-51-77(95)114)48-78(115)97-52-79(116)101-73(43-57-24-16-13-17-25-57)91(128)111(10)76(93(130)109(74)8)46-59-28-20-15-21-29-59/h13-31,33-40,50,55-56,67-76,83,96,112-113H,11-12,32,41-49,51-54H2,1-10H3,(H2,95,114)(H,97,115)(H,98,121)(H,99,117)(H,100,118)(H,101,116)(H,102,123)(H,103,124)(H,104,122)(H,105,126)(H,106,125)(H,119,120)/t67-,68-,69-,70-,71-,72-,73-,74-,75-,76-,83-/m0/s1. The average Bonchev–Trinajstić information content (AvgIpc) is 1.71. The monoisotopic (exact) mass is 1810 g/mol. The molecular formula is C94H119N17O20. The molecule has 11 atom stereocenters. The van der Waals surface area contributed by atoms with Crippen LogP contribution < -0.4 is 58.9 Å². The molecule has 37 heteroatoms. The predicted octanol–water partition coefficient (Wildman–Crippen LogP) is 1.10. The fourth-order valence-electron chi connectivity index (χ4n) is 15.2. The number of amides is 16. The fourth-order valence-corrected chi connectivity index (χ4v) is 15.2. The van der Waals surface area contributed by atoms with Gasteiger partial charge in [-0.3, -0.25) is 81.5 Å². The van der Waals surface area contributed by atoms with Crippen LogP contribution in [0.15, 0.2) is 170 Å². The first-order chi connectivity index (χ1) is 62.3. The van der Waals surface area contributed by atoms with Gasteiger partial charge in [-0.1, -0.05) is 181 Å². The van der Waals surface area contributed by atoms with Crippen molar-refractivity contribution >= 4 is 111 Å². The first-order valence-electron chi connectivity index (χ1n) is 43.2. The van der Waals surface area contributed by atoms with Gasteiger partial charge in [0.1, 0.15) is 78.0 Å². The van der Waals surface area contributed by atoms with Crippen molar-refractivity contribution in [2.24, 2.45) is 17.6 Å². The number of hydrogen-bond donors (Lipinski definition) is 15. The Hall–Kier alpha value is -14.6.